The zero-order chi connectivity index (χ0) is 9.84. The number of hydrazine groups is 1. The highest BCUT2D eigenvalue weighted by Crippen LogP contribution is 2.26. The van der Waals surface area contributed by atoms with Gasteiger partial charge in [0, 0.05) is 0 Å². The van der Waals surface area contributed by atoms with Gasteiger partial charge in [-0.1, -0.05) is 6.07 Å². The molecule has 1 rings (SSSR count). The molecule has 0 spiro atoms. The van der Waals surface area contributed by atoms with E-state index in [0.717, 1.165) is 5.56 Å². The summed E-state index contributed by atoms with van der Waals surface area (Å²) in [6.07, 6.45) is 0. The minimum Gasteiger partial charge on any atom is -0.433 e. The molecule has 0 unspecified atom stereocenters. The van der Waals surface area contributed by atoms with Crippen molar-refractivity contribution in [2.24, 2.45) is 5.84 Å². The van der Waals surface area contributed by atoms with Gasteiger partial charge < -0.3 is 10.2 Å². The maximum Gasteiger partial charge on any atom is 0.387 e. The monoisotopic (exact) mass is 188 g/mol. The van der Waals surface area contributed by atoms with Crippen molar-refractivity contribution in [2.75, 3.05) is 5.43 Å². The van der Waals surface area contributed by atoms with Crippen molar-refractivity contribution in [3.63, 3.8) is 0 Å². The fourth-order valence-electron chi connectivity index (χ4n) is 0.942. The third-order valence-corrected chi connectivity index (χ3v) is 1.51. The first-order valence-electron chi connectivity index (χ1n) is 3.65. The fraction of sp³-hybridized carbons (Fsp3) is 0.250. The van der Waals surface area contributed by atoms with E-state index in [4.69, 9.17) is 5.84 Å². The van der Waals surface area contributed by atoms with Gasteiger partial charge in [0.05, 0.1) is 5.69 Å². The Hall–Kier alpha value is -1.36. The van der Waals surface area contributed by atoms with Gasteiger partial charge in [-0.05, 0) is 24.6 Å². The van der Waals surface area contributed by atoms with Crippen molar-refractivity contribution in [3.05, 3.63) is 23.8 Å². The summed E-state index contributed by atoms with van der Waals surface area (Å²) in [4.78, 5) is 0. The summed E-state index contributed by atoms with van der Waals surface area (Å²) < 4.78 is 28.0. The Kier molecular flexibility index (Phi) is 3.02. The zero-order valence-electron chi connectivity index (χ0n) is 7.05. The van der Waals surface area contributed by atoms with Crippen LogP contribution in [0.15, 0.2) is 18.2 Å². The molecule has 0 amide bonds. The van der Waals surface area contributed by atoms with Crippen LogP contribution in [0.3, 0.4) is 0 Å². The van der Waals surface area contributed by atoms with E-state index >= 15 is 0 Å². The molecule has 0 heterocycles. The number of ether oxygens (including phenoxy) is 1. The van der Waals surface area contributed by atoms with Gasteiger partial charge in [-0.25, -0.2) is 0 Å². The van der Waals surface area contributed by atoms with Crippen molar-refractivity contribution in [3.8, 4) is 5.75 Å². The quantitative estimate of drug-likeness (QED) is 0.562. The Bertz CT molecular complexity index is 291. The van der Waals surface area contributed by atoms with E-state index in [9.17, 15) is 8.78 Å². The van der Waals surface area contributed by atoms with E-state index in [1.54, 1.807) is 19.1 Å². The van der Waals surface area contributed by atoms with Crippen LogP contribution in [-0.4, -0.2) is 6.61 Å². The topological polar surface area (TPSA) is 47.3 Å². The van der Waals surface area contributed by atoms with Crippen LogP contribution >= 0.6 is 0 Å². The first-order chi connectivity index (χ1) is 6.13. The van der Waals surface area contributed by atoms with Crippen LogP contribution in [0.1, 0.15) is 5.56 Å². The number of benzene rings is 1. The van der Waals surface area contributed by atoms with Crippen LogP contribution in [0, 0.1) is 6.92 Å². The Balaban J connectivity index is 2.94. The summed E-state index contributed by atoms with van der Waals surface area (Å²) in [5, 5.41) is 0. The lowest BCUT2D eigenvalue weighted by Crippen LogP contribution is -2.10. The molecule has 3 nitrogen and oxygen atoms in total. The van der Waals surface area contributed by atoms with E-state index in [0.29, 0.717) is 5.69 Å². The van der Waals surface area contributed by atoms with E-state index in [1.807, 2.05) is 0 Å². The van der Waals surface area contributed by atoms with Crippen LogP contribution in [-0.2, 0) is 0 Å². The standard InChI is InChI=1S/C8H10F2N2O/c1-5-2-3-6(12-11)7(4-5)13-8(9)10/h2-4,8,12H,11H2,1H3. The van der Waals surface area contributed by atoms with Crippen molar-refractivity contribution in [2.45, 2.75) is 13.5 Å². The second-order valence-electron chi connectivity index (χ2n) is 2.52. The molecule has 0 aromatic heterocycles. The molecule has 0 aliphatic heterocycles. The van der Waals surface area contributed by atoms with Crippen molar-refractivity contribution < 1.29 is 13.5 Å². The molecule has 0 bridgehead atoms. The highest BCUT2D eigenvalue weighted by Gasteiger charge is 2.08. The second kappa shape index (κ2) is 4.04. The van der Waals surface area contributed by atoms with Gasteiger partial charge in [0.25, 0.3) is 0 Å². The molecule has 1 aromatic carbocycles. The van der Waals surface area contributed by atoms with E-state index in [1.165, 1.54) is 6.07 Å². The summed E-state index contributed by atoms with van der Waals surface area (Å²) >= 11 is 0. The molecule has 0 saturated carbocycles. The van der Waals surface area contributed by atoms with E-state index in [-0.39, 0.29) is 5.75 Å². The van der Waals surface area contributed by atoms with E-state index in [2.05, 4.69) is 10.2 Å². The van der Waals surface area contributed by atoms with Gasteiger partial charge in [0.2, 0.25) is 0 Å². The van der Waals surface area contributed by atoms with Crippen LogP contribution in [0.5, 0.6) is 5.75 Å². The lowest BCUT2D eigenvalue weighted by Gasteiger charge is -2.10. The van der Waals surface area contributed by atoms with Crippen LogP contribution < -0.4 is 16.0 Å². The second-order valence-corrected chi connectivity index (χ2v) is 2.52. The Labute approximate surface area is 74.5 Å². The molecule has 1 aromatic rings. The number of anilines is 1. The minimum absolute atomic E-state index is 0.0532. The molecule has 0 atom stereocenters. The lowest BCUT2D eigenvalue weighted by molar-refractivity contribution is -0.0493. The first kappa shape index (κ1) is 9.73. The highest BCUT2D eigenvalue weighted by atomic mass is 19.3. The van der Waals surface area contributed by atoms with Gasteiger partial charge in [-0.2, -0.15) is 8.78 Å². The number of nitrogens with one attached hydrogen (secondary N) is 1. The number of halogens is 2. The molecule has 0 radical (unpaired) electrons. The third kappa shape index (κ3) is 2.55. The highest BCUT2D eigenvalue weighted by molar-refractivity contribution is 5.56. The van der Waals surface area contributed by atoms with Crippen molar-refractivity contribution >= 4 is 5.69 Å². The summed E-state index contributed by atoms with van der Waals surface area (Å²) in [7, 11) is 0. The summed E-state index contributed by atoms with van der Waals surface area (Å²) in [6, 6.07) is 4.81. The number of aryl methyl sites for hydroxylation is 1. The maximum absolute atomic E-state index is 11.9. The van der Waals surface area contributed by atoms with Gasteiger partial charge in [-0.15, -0.1) is 0 Å². The summed E-state index contributed by atoms with van der Waals surface area (Å²) in [6.45, 7) is -1.06. The van der Waals surface area contributed by atoms with Crippen molar-refractivity contribution in [1.29, 1.82) is 0 Å². The van der Waals surface area contributed by atoms with Gasteiger partial charge in [0.15, 0.2) is 5.75 Å². The molecule has 0 saturated heterocycles. The third-order valence-electron chi connectivity index (χ3n) is 1.51. The molecular formula is C8H10F2N2O. The van der Waals surface area contributed by atoms with Gasteiger partial charge >= 0.3 is 6.61 Å². The SMILES string of the molecule is Cc1ccc(NN)c(OC(F)F)c1. The number of alkyl halides is 2. The number of hydrogen-bond donors (Lipinski definition) is 2. The summed E-state index contributed by atoms with van der Waals surface area (Å²) in [5.74, 6) is 5.15. The number of nitrogens with two attached hydrogens (primary N) is 1. The number of hydrogen-bond acceptors (Lipinski definition) is 3. The molecule has 13 heavy (non-hydrogen) atoms. The molecule has 72 valence electrons. The Morgan fingerprint density at radius 2 is 2.15 bits per heavy atom. The average molecular weight is 188 g/mol. The van der Waals surface area contributed by atoms with Crippen LogP contribution in [0.2, 0.25) is 0 Å². The van der Waals surface area contributed by atoms with Crippen LogP contribution in [0.4, 0.5) is 14.5 Å². The number of nitrogen functional groups attached to an aromatic ring is 1. The number of rotatable bonds is 3. The normalized spacial score (nSPS) is 10.2. The Morgan fingerprint density at radius 3 is 2.69 bits per heavy atom. The lowest BCUT2D eigenvalue weighted by atomic mass is 10.2. The van der Waals surface area contributed by atoms with Crippen LogP contribution in [0.25, 0.3) is 0 Å². The average Bonchev–Trinajstić information content (AvgIpc) is 2.03. The zero-order valence-corrected chi connectivity index (χ0v) is 7.05. The smallest absolute Gasteiger partial charge is 0.387 e. The fourth-order valence-corrected chi connectivity index (χ4v) is 0.942. The van der Waals surface area contributed by atoms with E-state index < -0.39 is 6.61 Å². The molecule has 0 aliphatic carbocycles. The summed E-state index contributed by atoms with van der Waals surface area (Å²) in [5.41, 5.74) is 3.44. The molecular weight excluding hydrogens is 178 g/mol. The molecule has 3 N–H and O–H groups in total. The predicted molar refractivity (Wildman–Crippen MR) is 45.6 cm³/mol. The first-order valence-corrected chi connectivity index (χ1v) is 3.65. The van der Waals surface area contributed by atoms with Crippen molar-refractivity contribution in [1.82, 2.24) is 0 Å². The largest absolute Gasteiger partial charge is 0.433 e. The molecule has 5 heteroatoms. The predicted octanol–water partition coefficient (Wildman–Crippen LogP) is 1.88. The van der Waals surface area contributed by atoms with Gasteiger partial charge in [-0.3, -0.25) is 5.84 Å². The minimum atomic E-state index is -2.84. The molecule has 0 fully saturated rings. The Morgan fingerprint density at radius 1 is 1.46 bits per heavy atom. The molecule has 0 aliphatic rings. The van der Waals surface area contributed by atoms with Gasteiger partial charge in [0.1, 0.15) is 0 Å². The maximum atomic E-state index is 11.9.